The van der Waals surface area contributed by atoms with Crippen molar-refractivity contribution in [3.8, 4) is 0 Å². The van der Waals surface area contributed by atoms with Crippen molar-refractivity contribution < 1.29 is 14.7 Å². The lowest BCUT2D eigenvalue weighted by molar-refractivity contribution is -0.120. The molecule has 0 aliphatic carbocycles. The third-order valence-electron chi connectivity index (χ3n) is 2.36. The van der Waals surface area contributed by atoms with Crippen LogP contribution in [0.4, 0.5) is 5.69 Å². The number of rotatable bonds is 4. The Morgan fingerprint density at radius 1 is 1.26 bits per heavy atom. The van der Waals surface area contributed by atoms with E-state index in [0.29, 0.717) is 5.69 Å². The Morgan fingerprint density at radius 2 is 1.89 bits per heavy atom. The van der Waals surface area contributed by atoms with Gasteiger partial charge in [-0.05, 0) is 45.4 Å². The predicted molar refractivity (Wildman–Crippen MR) is 74.5 cm³/mol. The summed E-state index contributed by atoms with van der Waals surface area (Å²) in [5, 5.41) is 14.7. The van der Waals surface area contributed by atoms with Gasteiger partial charge in [0.2, 0.25) is 5.91 Å². The highest BCUT2D eigenvalue weighted by Crippen LogP contribution is 2.17. The molecule has 0 radical (unpaired) electrons. The van der Waals surface area contributed by atoms with Gasteiger partial charge in [0, 0.05) is 11.2 Å². The summed E-state index contributed by atoms with van der Waals surface area (Å²) in [6.45, 7) is 7.58. The largest absolute Gasteiger partial charge is 0.478 e. The molecule has 0 aliphatic rings. The number of amides is 1. The molecular formula is C14H20N2O3. The average molecular weight is 264 g/mol. The summed E-state index contributed by atoms with van der Waals surface area (Å²) >= 11 is 0. The van der Waals surface area contributed by atoms with Crippen LogP contribution < -0.4 is 10.6 Å². The first-order valence-corrected chi connectivity index (χ1v) is 6.08. The van der Waals surface area contributed by atoms with Crippen molar-refractivity contribution in [3.05, 3.63) is 29.3 Å². The predicted octanol–water partition coefficient (Wildman–Crippen LogP) is 2.02. The van der Waals surface area contributed by atoms with Gasteiger partial charge in [0.05, 0.1) is 12.1 Å². The van der Waals surface area contributed by atoms with Crippen molar-refractivity contribution in [1.82, 2.24) is 5.32 Å². The number of aromatic carboxylic acids is 1. The second kappa shape index (κ2) is 5.73. The van der Waals surface area contributed by atoms with E-state index in [0.717, 1.165) is 5.56 Å². The zero-order valence-corrected chi connectivity index (χ0v) is 11.7. The molecule has 5 nitrogen and oxygen atoms in total. The first-order valence-electron chi connectivity index (χ1n) is 6.08. The van der Waals surface area contributed by atoms with Crippen LogP contribution in [0.25, 0.3) is 0 Å². The summed E-state index contributed by atoms with van der Waals surface area (Å²) in [5.41, 5.74) is 1.25. The summed E-state index contributed by atoms with van der Waals surface area (Å²) in [5.74, 6) is -1.19. The molecule has 1 rings (SSSR count). The molecule has 1 amide bonds. The zero-order chi connectivity index (χ0) is 14.6. The molecule has 5 heteroatoms. The van der Waals surface area contributed by atoms with Crippen LogP contribution in [0.5, 0.6) is 0 Å². The summed E-state index contributed by atoms with van der Waals surface area (Å²) in [4.78, 5) is 22.7. The number of benzene rings is 1. The SMILES string of the molecule is Cc1ccc(C(=O)O)c(NCC(=O)NC(C)(C)C)c1. The standard InChI is InChI=1S/C14H20N2O3/c1-9-5-6-10(13(18)19)11(7-9)15-8-12(17)16-14(2,3)4/h5-7,15H,8H2,1-4H3,(H,16,17)(H,18,19). The molecule has 0 aromatic heterocycles. The highest BCUT2D eigenvalue weighted by atomic mass is 16.4. The molecule has 1 aromatic rings. The first-order chi connectivity index (χ1) is 8.69. The number of carbonyl (C=O) groups is 2. The van der Waals surface area contributed by atoms with Crippen LogP contribution in [0.15, 0.2) is 18.2 Å². The number of hydrogen-bond acceptors (Lipinski definition) is 3. The van der Waals surface area contributed by atoms with Gasteiger partial charge in [-0.2, -0.15) is 0 Å². The molecule has 1 aromatic carbocycles. The molecule has 0 fully saturated rings. The van der Waals surface area contributed by atoms with Crippen LogP contribution in [0.2, 0.25) is 0 Å². The Bertz CT molecular complexity index is 490. The minimum Gasteiger partial charge on any atom is -0.478 e. The van der Waals surface area contributed by atoms with Gasteiger partial charge < -0.3 is 15.7 Å². The fourth-order valence-electron chi connectivity index (χ4n) is 1.63. The van der Waals surface area contributed by atoms with E-state index in [-0.39, 0.29) is 23.6 Å². The molecule has 19 heavy (non-hydrogen) atoms. The second-order valence-electron chi connectivity index (χ2n) is 5.51. The van der Waals surface area contributed by atoms with E-state index in [4.69, 9.17) is 5.11 Å². The van der Waals surface area contributed by atoms with Crippen molar-refractivity contribution in [2.45, 2.75) is 33.2 Å². The minimum atomic E-state index is -1.02. The topological polar surface area (TPSA) is 78.4 Å². The summed E-state index contributed by atoms with van der Waals surface area (Å²) in [7, 11) is 0. The third kappa shape index (κ3) is 4.99. The molecule has 0 spiro atoms. The van der Waals surface area contributed by atoms with E-state index in [1.54, 1.807) is 12.1 Å². The Kier molecular flexibility index (Phi) is 4.53. The maximum Gasteiger partial charge on any atom is 0.337 e. The van der Waals surface area contributed by atoms with Crippen molar-refractivity contribution in [1.29, 1.82) is 0 Å². The molecule has 0 aliphatic heterocycles. The van der Waals surface area contributed by atoms with Crippen molar-refractivity contribution >= 4 is 17.6 Å². The van der Waals surface area contributed by atoms with Gasteiger partial charge in [0.15, 0.2) is 0 Å². The van der Waals surface area contributed by atoms with Crippen molar-refractivity contribution in [3.63, 3.8) is 0 Å². The van der Waals surface area contributed by atoms with E-state index in [1.165, 1.54) is 6.07 Å². The van der Waals surface area contributed by atoms with E-state index in [9.17, 15) is 9.59 Å². The smallest absolute Gasteiger partial charge is 0.337 e. The van der Waals surface area contributed by atoms with Crippen LogP contribution in [0.1, 0.15) is 36.7 Å². The van der Waals surface area contributed by atoms with Crippen LogP contribution in [0.3, 0.4) is 0 Å². The first kappa shape index (κ1) is 15.0. The van der Waals surface area contributed by atoms with Gasteiger partial charge in [0.25, 0.3) is 0 Å². The van der Waals surface area contributed by atoms with Gasteiger partial charge in [-0.25, -0.2) is 4.79 Å². The van der Waals surface area contributed by atoms with Gasteiger partial charge in [-0.3, -0.25) is 4.79 Å². The van der Waals surface area contributed by atoms with Crippen molar-refractivity contribution in [2.24, 2.45) is 0 Å². The summed E-state index contributed by atoms with van der Waals surface area (Å²) in [6.07, 6.45) is 0. The number of carboxylic acid groups (broad SMARTS) is 1. The quantitative estimate of drug-likeness (QED) is 0.777. The van der Waals surface area contributed by atoms with Crippen LogP contribution in [-0.4, -0.2) is 29.1 Å². The van der Waals surface area contributed by atoms with Gasteiger partial charge in [0.1, 0.15) is 0 Å². The van der Waals surface area contributed by atoms with Crippen LogP contribution >= 0.6 is 0 Å². The van der Waals surface area contributed by atoms with Gasteiger partial charge in [-0.1, -0.05) is 6.07 Å². The number of aryl methyl sites for hydroxylation is 1. The third-order valence-corrected chi connectivity index (χ3v) is 2.36. The maximum absolute atomic E-state index is 11.7. The lowest BCUT2D eigenvalue weighted by Gasteiger charge is -2.21. The molecular weight excluding hydrogens is 244 g/mol. The molecule has 0 heterocycles. The number of nitrogens with one attached hydrogen (secondary N) is 2. The minimum absolute atomic E-state index is 0.0427. The van der Waals surface area contributed by atoms with E-state index < -0.39 is 5.97 Å². The number of carboxylic acids is 1. The van der Waals surface area contributed by atoms with Crippen molar-refractivity contribution in [2.75, 3.05) is 11.9 Å². The Labute approximate surface area is 113 Å². The normalized spacial score (nSPS) is 10.9. The molecule has 0 saturated heterocycles. The molecule has 0 saturated carbocycles. The van der Waals surface area contributed by atoms with E-state index >= 15 is 0 Å². The van der Waals surface area contributed by atoms with E-state index in [2.05, 4.69) is 10.6 Å². The second-order valence-corrected chi connectivity index (χ2v) is 5.51. The van der Waals surface area contributed by atoms with Crippen LogP contribution in [-0.2, 0) is 4.79 Å². The zero-order valence-electron chi connectivity index (χ0n) is 11.7. The fraction of sp³-hybridized carbons (Fsp3) is 0.429. The lowest BCUT2D eigenvalue weighted by Crippen LogP contribution is -2.43. The molecule has 104 valence electrons. The Morgan fingerprint density at radius 3 is 2.42 bits per heavy atom. The maximum atomic E-state index is 11.7. The highest BCUT2D eigenvalue weighted by molar-refractivity contribution is 5.95. The summed E-state index contributed by atoms with van der Waals surface area (Å²) < 4.78 is 0. The molecule has 0 unspecified atom stereocenters. The number of anilines is 1. The molecule has 0 atom stereocenters. The molecule has 0 bridgehead atoms. The number of carbonyl (C=O) groups excluding carboxylic acids is 1. The number of hydrogen-bond donors (Lipinski definition) is 3. The average Bonchev–Trinajstić information content (AvgIpc) is 2.23. The monoisotopic (exact) mass is 264 g/mol. The highest BCUT2D eigenvalue weighted by Gasteiger charge is 2.15. The van der Waals surface area contributed by atoms with Crippen LogP contribution in [0, 0.1) is 6.92 Å². The van der Waals surface area contributed by atoms with Gasteiger partial charge in [-0.15, -0.1) is 0 Å². The Balaban J connectivity index is 2.75. The molecule has 3 N–H and O–H groups in total. The fourth-order valence-corrected chi connectivity index (χ4v) is 1.63. The Hall–Kier alpha value is -2.04. The van der Waals surface area contributed by atoms with E-state index in [1.807, 2.05) is 27.7 Å². The lowest BCUT2D eigenvalue weighted by atomic mass is 10.1. The summed E-state index contributed by atoms with van der Waals surface area (Å²) in [6, 6.07) is 4.97. The van der Waals surface area contributed by atoms with Gasteiger partial charge >= 0.3 is 5.97 Å².